The standard InChI is InChI=1S/C25H28N2O7/c1-26(2)9-10-27-21(14-11-18(31-4)23(33-6)19(12-14)32-5)20-22(28)16-8-7-15(30-3)13-17(16)34-24(20)25(27)29/h7-8,11-13,21H,9-10H2,1-6H3. The first-order valence-corrected chi connectivity index (χ1v) is 10.7. The SMILES string of the molecule is COc1ccc2c(=O)c3c(oc2c1)C(=O)N(CCN(C)C)C3c1cc(OC)c(OC)c(OC)c1. The third kappa shape index (κ3) is 3.81. The summed E-state index contributed by atoms with van der Waals surface area (Å²) in [5, 5.41) is 0.374. The fourth-order valence-electron chi connectivity index (χ4n) is 4.27. The molecule has 2 aromatic carbocycles. The molecule has 4 rings (SSSR count). The number of fused-ring (bicyclic) bond motifs is 2. The summed E-state index contributed by atoms with van der Waals surface area (Å²) >= 11 is 0. The van der Waals surface area contributed by atoms with Crippen LogP contribution >= 0.6 is 0 Å². The van der Waals surface area contributed by atoms with Gasteiger partial charge in [0.15, 0.2) is 16.9 Å². The highest BCUT2D eigenvalue weighted by Gasteiger charge is 2.43. The number of carbonyl (C=O) groups is 1. The molecule has 3 aromatic rings. The second-order valence-corrected chi connectivity index (χ2v) is 8.20. The van der Waals surface area contributed by atoms with Crippen molar-refractivity contribution >= 4 is 16.9 Å². The predicted octanol–water partition coefficient (Wildman–Crippen LogP) is 2.93. The molecule has 1 aliphatic heterocycles. The molecule has 0 saturated carbocycles. The molecular weight excluding hydrogens is 440 g/mol. The van der Waals surface area contributed by atoms with Gasteiger partial charge in [-0.1, -0.05) is 0 Å². The van der Waals surface area contributed by atoms with E-state index < -0.39 is 6.04 Å². The van der Waals surface area contributed by atoms with Crippen LogP contribution in [-0.2, 0) is 0 Å². The van der Waals surface area contributed by atoms with E-state index >= 15 is 0 Å². The minimum atomic E-state index is -0.682. The Kier molecular flexibility index (Phi) is 6.39. The molecule has 2 heterocycles. The van der Waals surface area contributed by atoms with Crippen molar-refractivity contribution in [2.75, 3.05) is 55.6 Å². The van der Waals surface area contributed by atoms with E-state index in [9.17, 15) is 9.59 Å². The fraction of sp³-hybridized carbons (Fsp3) is 0.360. The molecule has 0 saturated heterocycles. The van der Waals surface area contributed by atoms with Gasteiger partial charge in [-0.15, -0.1) is 0 Å². The van der Waals surface area contributed by atoms with Crippen molar-refractivity contribution in [1.29, 1.82) is 0 Å². The number of likely N-dealkylation sites (N-methyl/N-ethyl adjacent to an activating group) is 1. The topological polar surface area (TPSA) is 90.7 Å². The van der Waals surface area contributed by atoms with Crippen molar-refractivity contribution < 1.29 is 28.2 Å². The Morgan fingerprint density at radius 2 is 1.62 bits per heavy atom. The Morgan fingerprint density at radius 3 is 2.18 bits per heavy atom. The molecule has 1 aliphatic rings. The lowest BCUT2D eigenvalue weighted by atomic mass is 9.97. The van der Waals surface area contributed by atoms with Crippen molar-refractivity contribution in [3.8, 4) is 23.0 Å². The van der Waals surface area contributed by atoms with E-state index in [1.165, 1.54) is 28.4 Å². The quantitative estimate of drug-likeness (QED) is 0.499. The minimum absolute atomic E-state index is 0.0308. The Morgan fingerprint density at radius 1 is 0.941 bits per heavy atom. The summed E-state index contributed by atoms with van der Waals surface area (Å²) in [5.41, 5.74) is 0.976. The Bertz CT molecular complexity index is 1270. The van der Waals surface area contributed by atoms with Crippen LogP contribution < -0.4 is 24.4 Å². The number of methoxy groups -OCH3 is 4. The van der Waals surface area contributed by atoms with Gasteiger partial charge in [-0.3, -0.25) is 9.59 Å². The number of ether oxygens (including phenoxy) is 4. The zero-order chi connectivity index (χ0) is 24.6. The van der Waals surface area contributed by atoms with Crippen LogP contribution in [0.15, 0.2) is 39.5 Å². The fourth-order valence-corrected chi connectivity index (χ4v) is 4.27. The highest BCUT2D eigenvalue weighted by Crippen LogP contribution is 2.45. The van der Waals surface area contributed by atoms with Crippen LogP contribution in [-0.4, -0.2) is 71.3 Å². The van der Waals surface area contributed by atoms with Crippen molar-refractivity contribution in [3.63, 3.8) is 0 Å². The van der Waals surface area contributed by atoms with Crippen molar-refractivity contribution in [3.05, 3.63) is 57.4 Å². The molecular formula is C25H28N2O7. The average Bonchev–Trinajstić information content (AvgIpc) is 3.12. The van der Waals surface area contributed by atoms with Gasteiger partial charge in [0, 0.05) is 19.2 Å². The van der Waals surface area contributed by atoms with E-state index in [1.807, 2.05) is 19.0 Å². The molecule has 1 amide bonds. The molecule has 9 heteroatoms. The second kappa shape index (κ2) is 9.26. The summed E-state index contributed by atoms with van der Waals surface area (Å²) in [5.74, 6) is 1.50. The average molecular weight is 469 g/mol. The first-order valence-electron chi connectivity index (χ1n) is 10.7. The van der Waals surface area contributed by atoms with Crippen LogP contribution in [0.5, 0.6) is 23.0 Å². The van der Waals surface area contributed by atoms with Crippen molar-refractivity contribution in [1.82, 2.24) is 9.80 Å². The van der Waals surface area contributed by atoms with E-state index in [0.29, 0.717) is 52.6 Å². The molecule has 0 aliphatic carbocycles. The molecule has 1 aromatic heterocycles. The monoisotopic (exact) mass is 468 g/mol. The predicted molar refractivity (Wildman–Crippen MR) is 127 cm³/mol. The van der Waals surface area contributed by atoms with Crippen LogP contribution in [0.4, 0.5) is 0 Å². The van der Waals surface area contributed by atoms with Crippen molar-refractivity contribution in [2.24, 2.45) is 0 Å². The molecule has 0 bridgehead atoms. The van der Waals surface area contributed by atoms with Gasteiger partial charge < -0.3 is 33.2 Å². The lowest BCUT2D eigenvalue weighted by molar-refractivity contribution is 0.0716. The zero-order valence-electron chi connectivity index (χ0n) is 20.1. The van der Waals surface area contributed by atoms with Gasteiger partial charge in [0.2, 0.25) is 11.5 Å². The van der Waals surface area contributed by atoms with E-state index in [0.717, 1.165) is 0 Å². The van der Waals surface area contributed by atoms with Crippen LogP contribution in [0.1, 0.15) is 27.7 Å². The lowest BCUT2D eigenvalue weighted by Crippen LogP contribution is -2.35. The van der Waals surface area contributed by atoms with Gasteiger partial charge in [0.05, 0.1) is 45.4 Å². The number of amides is 1. The minimum Gasteiger partial charge on any atom is -0.497 e. The number of carbonyl (C=O) groups excluding carboxylic acids is 1. The number of hydrogen-bond acceptors (Lipinski definition) is 8. The first-order chi connectivity index (χ1) is 16.3. The summed E-state index contributed by atoms with van der Waals surface area (Å²) in [6.07, 6.45) is 0. The Balaban J connectivity index is 1.98. The third-order valence-electron chi connectivity index (χ3n) is 5.97. The largest absolute Gasteiger partial charge is 0.497 e. The van der Waals surface area contributed by atoms with Crippen LogP contribution in [0.25, 0.3) is 11.0 Å². The summed E-state index contributed by atoms with van der Waals surface area (Å²) in [4.78, 5) is 30.8. The number of benzene rings is 2. The lowest BCUT2D eigenvalue weighted by Gasteiger charge is -2.27. The number of rotatable bonds is 8. The molecule has 1 atom stereocenters. The van der Waals surface area contributed by atoms with Gasteiger partial charge in [-0.25, -0.2) is 0 Å². The maximum atomic E-state index is 13.7. The molecule has 1 unspecified atom stereocenters. The normalized spacial score (nSPS) is 15.1. The van der Waals surface area contributed by atoms with Gasteiger partial charge in [-0.2, -0.15) is 0 Å². The summed E-state index contributed by atoms with van der Waals surface area (Å²) in [6, 6.07) is 7.80. The van der Waals surface area contributed by atoms with E-state index in [2.05, 4.69) is 0 Å². The van der Waals surface area contributed by atoms with Crippen molar-refractivity contribution in [2.45, 2.75) is 6.04 Å². The van der Waals surface area contributed by atoms with Crippen LogP contribution in [0.2, 0.25) is 0 Å². The highest BCUT2D eigenvalue weighted by molar-refractivity contribution is 5.99. The van der Waals surface area contributed by atoms with Crippen LogP contribution in [0.3, 0.4) is 0 Å². The Hall–Kier alpha value is -3.72. The van der Waals surface area contributed by atoms with E-state index in [1.54, 1.807) is 35.2 Å². The smallest absolute Gasteiger partial charge is 0.290 e. The maximum absolute atomic E-state index is 13.7. The van der Waals surface area contributed by atoms with E-state index in [-0.39, 0.29) is 22.7 Å². The summed E-state index contributed by atoms with van der Waals surface area (Å²) < 4.78 is 27.8. The van der Waals surface area contributed by atoms with E-state index in [4.69, 9.17) is 23.4 Å². The summed E-state index contributed by atoms with van der Waals surface area (Å²) in [7, 11) is 9.94. The molecule has 0 N–H and O–H groups in total. The molecule has 9 nitrogen and oxygen atoms in total. The molecule has 180 valence electrons. The maximum Gasteiger partial charge on any atom is 0.290 e. The molecule has 0 fully saturated rings. The van der Waals surface area contributed by atoms with Gasteiger partial charge >= 0.3 is 0 Å². The first kappa shape index (κ1) is 23.4. The van der Waals surface area contributed by atoms with Gasteiger partial charge in [-0.05, 0) is 43.9 Å². The number of nitrogens with zero attached hydrogens (tertiary/aromatic N) is 2. The highest BCUT2D eigenvalue weighted by atomic mass is 16.5. The van der Waals surface area contributed by atoms with Gasteiger partial charge in [0.25, 0.3) is 5.91 Å². The summed E-state index contributed by atoms with van der Waals surface area (Å²) in [6.45, 7) is 0.985. The van der Waals surface area contributed by atoms with Crippen LogP contribution in [0, 0.1) is 0 Å². The molecule has 34 heavy (non-hydrogen) atoms. The molecule has 0 radical (unpaired) electrons. The zero-order valence-corrected chi connectivity index (χ0v) is 20.1. The Labute approximate surface area is 197 Å². The molecule has 0 spiro atoms. The second-order valence-electron chi connectivity index (χ2n) is 8.20. The van der Waals surface area contributed by atoms with Gasteiger partial charge in [0.1, 0.15) is 11.3 Å². The third-order valence-corrected chi connectivity index (χ3v) is 5.97. The number of hydrogen-bond donors (Lipinski definition) is 0.